The van der Waals surface area contributed by atoms with Crippen molar-refractivity contribution in [3.05, 3.63) is 52.0 Å². The molecule has 158 valence electrons. The van der Waals surface area contributed by atoms with Crippen molar-refractivity contribution in [3.8, 4) is 11.5 Å². The monoisotopic (exact) mass is 466 g/mol. The van der Waals surface area contributed by atoms with Crippen LogP contribution in [0.2, 0.25) is 10.0 Å². The second-order valence-electron chi connectivity index (χ2n) is 7.13. The maximum atomic E-state index is 13.1. The molecule has 0 spiro atoms. The highest BCUT2D eigenvalue weighted by Gasteiger charge is 2.60. The predicted molar refractivity (Wildman–Crippen MR) is 120 cm³/mol. The Labute approximate surface area is 190 Å². The Morgan fingerprint density at radius 3 is 2.77 bits per heavy atom. The van der Waals surface area contributed by atoms with Crippen LogP contribution in [0.5, 0.6) is 11.5 Å². The van der Waals surface area contributed by atoms with Crippen LogP contribution in [-0.2, 0) is 9.53 Å². The second-order valence-corrected chi connectivity index (χ2v) is 8.36. The summed E-state index contributed by atoms with van der Waals surface area (Å²) in [5.41, 5.74) is 0.0876. The number of methoxy groups -OCH3 is 1. The third-order valence-corrected chi connectivity index (χ3v) is 6.18. The van der Waals surface area contributed by atoms with Crippen molar-refractivity contribution in [2.45, 2.75) is 25.6 Å². The van der Waals surface area contributed by atoms with Gasteiger partial charge in [0.05, 0.1) is 30.5 Å². The molecule has 4 rings (SSSR count). The third kappa shape index (κ3) is 3.16. The van der Waals surface area contributed by atoms with Gasteiger partial charge in [0.15, 0.2) is 5.11 Å². The van der Waals surface area contributed by atoms with Crippen LogP contribution < -0.4 is 19.7 Å². The van der Waals surface area contributed by atoms with E-state index >= 15 is 0 Å². The minimum Gasteiger partial charge on any atom is -0.495 e. The number of rotatable bonds is 4. The summed E-state index contributed by atoms with van der Waals surface area (Å²) in [7, 11) is 1.57. The van der Waals surface area contributed by atoms with Crippen molar-refractivity contribution in [3.63, 3.8) is 0 Å². The van der Waals surface area contributed by atoms with Gasteiger partial charge in [-0.05, 0) is 50.3 Å². The molecule has 0 aromatic heterocycles. The lowest BCUT2D eigenvalue weighted by atomic mass is 9.79. The van der Waals surface area contributed by atoms with Crippen LogP contribution in [0, 0.1) is 5.92 Å². The number of para-hydroxylation sites is 2. The number of hydrogen-bond acceptors (Lipinski definition) is 5. The van der Waals surface area contributed by atoms with Crippen LogP contribution in [0.15, 0.2) is 36.4 Å². The number of benzene rings is 2. The predicted octanol–water partition coefficient (Wildman–Crippen LogP) is 4.73. The standard InChI is InChI=1S/C21H20Cl2N2O4S/c1-4-28-19(26)16-17-12-9-11(22)10-13(23)18(12)29-21(16,2)25(20(30)24-17)14-7-5-6-8-15(14)27-3/h5-10,16-17H,4H2,1-3H3,(H,24,30)/t16-,17+,21+/m1/s1. The van der Waals surface area contributed by atoms with E-state index in [2.05, 4.69) is 5.32 Å². The second kappa shape index (κ2) is 7.80. The molecule has 0 unspecified atom stereocenters. The van der Waals surface area contributed by atoms with E-state index in [1.807, 2.05) is 24.3 Å². The molecule has 2 aliphatic heterocycles. The Hall–Kier alpha value is -2.22. The van der Waals surface area contributed by atoms with Gasteiger partial charge in [-0.2, -0.15) is 0 Å². The first kappa shape index (κ1) is 21.0. The number of carbonyl (C=O) groups excluding carboxylic acids is 1. The number of halogens is 2. The van der Waals surface area contributed by atoms with Gasteiger partial charge in [0.25, 0.3) is 0 Å². The van der Waals surface area contributed by atoms with E-state index in [0.717, 1.165) is 0 Å². The van der Waals surface area contributed by atoms with Gasteiger partial charge < -0.3 is 19.5 Å². The molecule has 2 aliphatic rings. The lowest BCUT2D eigenvalue weighted by molar-refractivity contribution is -0.159. The zero-order valence-corrected chi connectivity index (χ0v) is 18.9. The largest absolute Gasteiger partial charge is 0.495 e. The SMILES string of the molecule is CCOC(=O)[C@H]1[C@H]2NC(=S)N(c3ccccc3OC)[C@@]1(C)Oc1c(Cl)cc(Cl)cc12. The van der Waals surface area contributed by atoms with Crippen LogP contribution in [0.25, 0.3) is 0 Å². The summed E-state index contributed by atoms with van der Waals surface area (Å²) in [6, 6.07) is 10.2. The normalized spacial score (nSPS) is 24.4. The van der Waals surface area contributed by atoms with Gasteiger partial charge in [0, 0.05) is 10.6 Å². The van der Waals surface area contributed by atoms with Gasteiger partial charge in [0.2, 0.25) is 5.72 Å². The summed E-state index contributed by atoms with van der Waals surface area (Å²) >= 11 is 18.4. The van der Waals surface area contributed by atoms with Gasteiger partial charge in [0.1, 0.15) is 17.4 Å². The highest BCUT2D eigenvalue weighted by atomic mass is 35.5. The molecule has 0 saturated carbocycles. The van der Waals surface area contributed by atoms with E-state index in [-0.39, 0.29) is 6.61 Å². The van der Waals surface area contributed by atoms with Crippen molar-refractivity contribution in [2.75, 3.05) is 18.6 Å². The Morgan fingerprint density at radius 2 is 2.07 bits per heavy atom. The molecule has 2 aromatic carbocycles. The van der Waals surface area contributed by atoms with Gasteiger partial charge in [-0.15, -0.1) is 0 Å². The maximum absolute atomic E-state index is 13.1. The fourth-order valence-corrected chi connectivity index (χ4v) is 5.13. The minimum absolute atomic E-state index is 0.237. The molecule has 1 N–H and O–H groups in total. The number of fused-ring (bicyclic) bond motifs is 4. The molecule has 2 bridgehead atoms. The first-order valence-electron chi connectivity index (χ1n) is 9.40. The lowest BCUT2D eigenvalue weighted by Gasteiger charge is -2.55. The first-order chi connectivity index (χ1) is 14.3. The lowest BCUT2D eigenvalue weighted by Crippen LogP contribution is -2.71. The van der Waals surface area contributed by atoms with E-state index in [4.69, 9.17) is 49.6 Å². The molecule has 2 heterocycles. The fourth-order valence-electron chi connectivity index (χ4n) is 4.17. The van der Waals surface area contributed by atoms with Crippen molar-refractivity contribution in [1.29, 1.82) is 0 Å². The number of anilines is 1. The Morgan fingerprint density at radius 1 is 1.33 bits per heavy atom. The molecule has 1 saturated heterocycles. The molecule has 0 aliphatic carbocycles. The zero-order valence-electron chi connectivity index (χ0n) is 16.6. The highest BCUT2D eigenvalue weighted by Crippen LogP contribution is 2.53. The van der Waals surface area contributed by atoms with Crippen molar-refractivity contribution in [1.82, 2.24) is 5.32 Å². The van der Waals surface area contributed by atoms with Crippen LogP contribution in [0.4, 0.5) is 5.69 Å². The van der Waals surface area contributed by atoms with Gasteiger partial charge in [-0.25, -0.2) is 0 Å². The van der Waals surface area contributed by atoms with E-state index < -0.39 is 23.7 Å². The van der Waals surface area contributed by atoms with E-state index in [9.17, 15) is 4.79 Å². The summed E-state index contributed by atoms with van der Waals surface area (Å²) < 4.78 is 17.4. The van der Waals surface area contributed by atoms with E-state index in [1.165, 1.54) is 0 Å². The average Bonchev–Trinajstić information content (AvgIpc) is 2.69. The van der Waals surface area contributed by atoms with Crippen LogP contribution in [0.1, 0.15) is 25.5 Å². The summed E-state index contributed by atoms with van der Waals surface area (Å²) in [6.07, 6.45) is 0. The van der Waals surface area contributed by atoms with E-state index in [1.54, 1.807) is 38.0 Å². The van der Waals surface area contributed by atoms with Crippen molar-refractivity contribution >= 4 is 52.2 Å². The van der Waals surface area contributed by atoms with Crippen molar-refractivity contribution in [2.24, 2.45) is 5.92 Å². The molecular formula is C21H20Cl2N2O4S. The summed E-state index contributed by atoms with van der Waals surface area (Å²) in [4.78, 5) is 14.9. The molecule has 3 atom stereocenters. The summed E-state index contributed by atoms with van der Waals surface area (Å²) in [6.45, 7) is 3.80. The molecule has 0 radical (unpaired) electrons. The van der Waals surface area contributed by atoms with Gasteiger partial charge >= 0.3 is 5.97 Å². The fraction of sp³-hybridized carbons (Fsp3) is 0.333. The molecule has 0 amide bonds. The number of ether oxygens (including phenoxy) is 3. The number of esters is 1. The Balaban J connectivity index is 1.95. The van der Waals surface area contributed by atoms with E-state index in [0.29, 0.717) is 37.9 Å². The topological polar surface area (TPSA) is 60.0 Å². The average molecular weight is 467 g/mol. The Bertz CT molecular complexity index is 1030. The molecular weight excluding hydrogens is 447 g/mol. The quantitative estimate of drug-likeness (QED) is 0.516. The van der Waals surface area contributed by atoms with Crippen LogP contribution >= 0.6 is 35.4 Å². The number of hydrogen-bond donors (Lipinski definition) is 1. The molecule has 30 heavy (non-hydrogen) atoms. The minimum atomic E-state index is -1.22. The van der Waals surface area contributed by atoms with Gasteiger partial charge in [-0.3, -0.25) is 9.69 Å². The summed E-state index contributed by atoms with van der Waals surface area (Å²) in [5, 5.41) is 4.45. The van der Waals surface area contributed by atoms with Crippen LogP contribution in [0.3, 0.4) is 0 Å². The number of nitrogens with one attached hydrogen (secondary N) is 1. The third-order valence-electron chi connectivity index (χ3n) is 5.38. The highest BCUT2D eigenvalue weighted by molar-refractivity contribution is 7.80. The maximum Gasteiger partial charge on any atom is 0.317 e. The summed E-state index contributed by atoms with van der Waals surface area (Å²) in [5.74, 6) is -0.137. The van der Waals surface area contributed by atoms with Crippen LogP contribution in [-0.4, -0.2) is 30.5 Å². The van der Waals surface area contributed by atoms with Gasteiger partial charge in [-0.1, -0.05) is 35.3 Å². The number of thiocarbonyl (C=S) groups is 1. The molecule has 6 nitrogen and oxygen atoms in total. The number of carbonyl (C=O) groups is 1. The molecule has 2 aromatic rings. The molecule has 1 fully saturated rings. The molecule has 9 heteroatoms. The van der Waals surface area contributed by atoms with Crippen molar-refractivity contribution < 1.29 is 19.0 Å². The zero-order chi connectivity index (χ0) is 21.6. The number of nitrogens with zero attached hydrogens (tertiary/aromatic N) is 1. The first-order valence-corrected chi connectivity index (χ1v) is 10.6. The smallest absolute Gasteiger partial charge is 0.317 e. The Kier molecular flexibility index (Phi) is 5.46.